The second kappa shape index (κ2) is 5.87. The lowest BCUT2D eigenvalue weighted by Gasteiger charge is -2.08. The van der Waals surface area contributed by atoms with Crippen molar-refractivity contribution in [3.8, 4) is 5.82 Å². The van der Waals surface area contributed by atoms with E-state index in [2.05, 4.69) is 32.4 Å². The number of nitrogens with zero attached hydrogens (tertiary/aromatic N) is 4. The van der Waals surface area contributed by atoms with E-state index in [0.29, 0.717) is 12.4 Å². The molecule has 2 aromatic heterocycles. The number of pyridine rings is 1. The average molecular weight is 258 g/mol. The Hall–Kier alpha value is -2.54. The van der Waals surface area contributed by atoms with Crippen LogP contribution in [0.4, 0.5) is 5.95 Å². The van der Waals surface area contributed by atoms with E-state index in [-0.39, 0.29) is 5.95 Å². The Morgan fingerprint density at radius 2 is 2.32 bits per heavy atom. The highest BCUT2D eigenvalue weighted by molar-refractivity contribution is 5.32. The Morgan fingerprint density at radius 1 is 1.47 bits per heavy atom. The number of anilines is 1. The number of rotatable bonds is 5. The highest BCUT2D eigenvalue weighted by Gasteiger charge is 2.06. The van der Waals surface area contributed by atoms with Crippen LogP contribution in [-0.4, -0.2) is 26.1 Å². The van der Waals surface area contributed by atoms with Crippen LogP contribution in [0.5, 0.6) is 0 Å². The highest BCUT2D eigenvalue weighted by Crippen LogP contribution is 2.06. The van der Waals surface area contributed by atoms with E-state index in [4.69, 9.17) is 0 Å². The first-order valence-corrected chi connectivity index (χ1v) is 5.70. The molecule has 2 rings (SSSR count). The average Bonchev–Trinajstić information content (AvgIpc) is 2.40. The monoisotopic (exact) mass is 258 g/mol. The lowest BCUT2D eigenvalue weighted by Crippen LogP contribution is -2.29. The van der Waals surface area contributed by atoms with Crippen LogP contribution >= 0.6 is 0 Å². The maximum atomic E-state index is 11.9. The molecule has 7 nitrogen and oxygen atoms in total. The Balaban J connectivity index is 2.27. The third-order valence-electron chi connectivity index (χ3n) is 2.36. The molecule has 0 saturated heterocycles. The van der Waals surface area contributed by atoms with Gasteiger partial charge in [-0.1, -0.05) is 12.1 Å². The van der Waals surface area contributed by atoms with Gasteiger partial charge in [-0.25, -0.2) is 24.8 Å². The van der Waals surface area contributed by atoms with Crippen molar-refractivity contribution in [3.63, 3.8) is 0 Å². The third kappa shape index (κ3) is 3.02. The standard InChI is InChI=1S/C12H14N6O/c1-3-6-15-17-11-14-8-18(12(19)16-11)10-9(2)5-4-7-13-10/h3-5,7-8,15H,1,6H2,2H3,(H,16,17,19). The largest absolute Gasteiger partial charge is 0.357 e. The highest BCUT2D eigenvalue weighted by atomic mass is 16.1. The van der Waals surface area contributed by atoms with Crippen molar-refractivity contribution >= 4 is 5.95 Å². The van der Waals surface area contributed by atoms with Gasteiger partial charge in [0.2, 0.25) is 5.95 Å². The summed E-state index contributed by atoms with van der Waals surface area (Å²) in [5, 5.41) is 0. The summed E-state index contributed by atoms with van der Waals surface area (Å²) in [5.41, 5.74) is 5.92. The van der Waals surface area contributed by atoms with Gasteiger partial charge in [0, 0.05) is 12.7 Å². The van der Waals surface area contributed by atoms with Crippen molar-refractivity contribution in [1.29, 1.82) is 0 Å². The molecular formula is C12H14N6O. The molecule has 19 heavy (non-hydrogen) atoms. The summed E-state index contributed by atoms with van der Waals surface area (Å²) < 4.78 is 1.30. The van der Waals surface area contributed by atoms with Crippen molar-refractivity contribution < 1.29 is 0 Å². The second-order valence-corrected chi connectivity index (χ2v) is 3.77. The molecule has 0 aliphatic rings. The zero-order valence-corrected chi connectivity index (χ0v) is 10.5. The lowest BCUT2D eigenvalue weighted by molar-refractivity contribution is 0.800. The second-order valence-electron chi connectivity index (χ2n) is 3.77. The molecule has 0 atom stereocenters. The fraction of sp³-hybridized carbons (Fsp3) is 0.167. The zero-order chi connectivity index (χ0) is 13.7. The molecule has 0 radical (unpaired) electrons. The number of hydrazine groups is 1. The van der Waals surface area contributed by atoms with Crippen LogP contribution in [0, 0.1) is 6.92 Å². The van der Waals surface area contributed by atoms with Crippen molar-refractivity contribution in [3.05, 3.63) is 53.4 Å². The van der Waals surface area contributed by atoms with Gasteiger partial charge in [-0.3, -0.25) is 5.43 Å². The van der Waals surface area contributed by atoms with E-state index in [1.807, 2.05) is 13.0 Å². The van der Waals surface area contributed by atoms with Crippen LogP contribution in [0.15, 0.2) is 42.1 Å². The summed E-state index contributed by atoms with van der Waals surface area (Å²) in [6, 6.07) is 3.67. The molecule has 0 bridgehead atoms. The predicted octanol–water partition coefficient (Wildman–Crippen LogP) is 0.433. The van der Waals surface area contributed by atoms with Crippen LogP contribution in [0.1, 0.15) is 5.56 Å². The zero-order valence-electron chi connectivity index (χ0n) is 10.5. The molecule has 0 aliphatic heterocycles. The van der Waals surface area contributed by atoms with Gasteiger partial charge in [0.25, 0.3) is 0 Å². The van der Waals surface area contributed by atoms with Crippen molar-refractivity contribution in [2.75, 3.05) is 12.0 Å². The molecule has 0 spiro atoms. The van der Waals surface area contributed by atoms with Crippen molar-refractivity contribution in [1.82, 2.24) is 24.9 Å². The van der Waals surface area contributed by atoms with Gasteiger partial charge in [0.15, 0.2) is 0 Å². The molecule has 0 aliphatic carbocycles. The van der Waals surface area contributed by atoms with E-state index in [9.17, 15) is 4.79 Å². The normalized spacial score (nSPS) is 10.2. The fourth-order valence-electron chi connectivity index (χ4n) is 1.47. The predicted molar refractivity (Wildman–Crippen MR) is 72.0 cm³/mol. The van der Waals surface area contributed by atoms with E-state index in [1.165, 1.54) is 10.9 Å². The molecule has 0 unspecified atom stereocenters. The molecule has 2 heterocycles. The van der Waals surface area contributed by atoms with Crippen LogP contribution in [0.3, 0.4) is 0 Å². The first-order valence-electron chi connectivity index (χ1n) is 5.70. The quantitative estimate of drug-likeness (QED) is 0.460. The van der Waals surface area contributed by atoms with Crippen LogP contribution in [0.2, 0.25) is 0 Å². The number of aryl methyl sites for hydroxylation is 1. The molecule has 0 fully saturated rings. The molecular weight excluding hydrogens is 244 g/mol. The van der Waals surface area contributed by atoms with Gasteiger partial charge in [0.1, 0.15) is 12.1 Å². The summed E-state index contributed by atoms with van der Waals surface area (Å²) in [6.45, 7) is 5.96. The van der Waals surface area contributed by atoms with Gasteiger partial charge in [-0.2, -0.15) is 4.98 Å². The van der Waals surface area contributed by atoms with Crippen molar-refractivity contribution in [2.24, 2.45) is 0 Å². The Morgan fingerprint density at radius 3 is 3.00 bits per heavy atom. The van der Waals surface area contributed by atoms with Crippen LogP contribution < -0.4 is 16.5 Å². The smallest absolute Gasteiger partial charge is 0.289 e. The minimum Gasteiger partial charge on any atom is -0.289 e. The Bertz CT molecular complexity index is 636. The summed E-state index contributed by atoms with van der Waals surface area (Å²) >= 11 is 0. The van der Waals surface area contributed by atoms with Gasteiger partial charge in [-0.05, 0) is 18.6 Å². The first kappa shape index (κ1) is 12.9. The molecule has 2 N–H and O–H groups in total. The number of nitrogens with one attached hydrogen (secondary N) is 2. The first-order chi connectivity index (χ1) is 9.22. The molecule has 0 saturated carbocycles. The van der Waals surface area contributed by atoms with Gasteiger partial charge >= 0.3 is 5.69 Å². The minimum absolute atomic E-state index is 0.205. The number of hydrogen-bond donors (Lipinski definition) is 2. The molecule has 98 valence electrons. The topological polar surface area (TPSA) is 84.7 Å². The fourth-order valence-corrected chi connectivity index (χ4v) is 1.47. The maximum Gasteiger partial charge on any atom is 0.357 e. The van der Waals surface area contributed by atoms with E-state index < -0.39 is 5.69 Å². The van der Waals surface area contributed by atoms with Gasteiger partial charge in [-0.15, -0.1) is 6.58 Å². The number of aromatic nitrogens is 4. The van der Waals surface area contributed by atoms with Crippen LogP contribution in [-0.2, 0) is 0 Å². The third-order valence-corrected chi connectivity index (χ3v) is 2.36. The van der Waals surface area contributed by atoms with Gasteiger partial charge < -0.3 is 0 Å². The molecule has 0 aromatic carbocycles. The summed E-state index contributed by atoms with van der Waals surface area (Å²) in [7, 11) is 0. The molecule has 2 aromatic rings. The van der Waals surface area contributed by atoms with Crippen LogP contribution in [0.25, 0.3) is 5.82 Å². The van der Waals surface area contributed by atoms with Crippen molar-refractivity contribution in [2.45, 2.75) is 6.92 Å². The van der Waals surface area contributed by atoms with E-state index >= 15 is 0 Å². The lowest BCUT2D eigenvalue weighted by atomic mass is 10.3. The Kier molecular flexibility index (Phi) is 3.99. The SMILES string of the molecule is C=CCNNc1ncn(-c2ncccc2C)c(=O)n1. The van der Waals surface area contributed by atoms with E-state index in [1.54, 1.807) is 18.3 Å². The van der Waals surface area contributed by atoms with Gasteiger partial charge in [0.05, 0.1) is 0 Å². The minimum atomic E-state index is -0.445. The van der Waals surface area contributed by atoms with E-state index in [0.717, 1.165) is 5.56 Å². The number of hydrogen-bond acceptors (Lipinski definition) is 6. The summed E-state index contributed by atoms with van der Waals surface area (Å²) in [5.74, 6) is 0.731. The maximum absolute atomic E-state index is 11.9. The molecule has 0 amide bonds. The summed E-state index contributed by atoms with van der Waals surface area (Å²) in [6.07, 6.45) is 4.68. The summed E-state index contributed by atoms with van der Waals surface area (Å²) in [4.78, 5) is 23.9. The Labute approximate surface area is 110 Å². The molecule has 7 heteroatoms.